The van der Waals surface area contributed by atoms with Crippen LogP contribution in [0, 0.1) is 0 Å². The van der Waals surface area contributed by atoms with Gasteiger partial charge in [-0.25, -0.2) is 0 Å². The second kappa shape index (κ2) is 4.66. The zero-order valence-corrected chi connectivity index (χ0v) is 9.62. The number of hydrogen-bond donors (Lipinski definition) is 2. The molecular formula is C13H18N2O. The van der Waals surface area contributed by atoms with E-state index in [9.17, 15) is 4.79 Å². The highest BCUT2D eigenvalue weighted by molar-refractivity contribution is 5.81. The van der Waals surface area contributed by atoms with E-state index in [-0.39, 0.29) is 11.9 Å². The maximum atomic E-state index is 11.3. The summed E-state index contributed by atoms with van der Waals surface area (Å²) in [6.07, 6.45) is 4.81. The number of amides is 1. The van der Waals surface area contributed by atoms with Gasteiger partial charge in [-0.15, -0.1) is 0 Å². The van der Waals surface area contributed by atoms with Gasteiger partial charge in [0.2, 0.25) is 5.91 Å². The summed E-state index contributed by atoms with van der Waals surface area (Å²) in [5, 5.41) is 2.95. The molecule has 86 valence electrons. The first kappa shape index (κ1) is 11.1. The third-order valence-corrected chi connectivity index (χ3v) is 3.28. The summed E-state index contributed by atoms with van der Waals surface area (Å²) in [6, 6.07) is 5.90. The molecule has 0 saturated carbocycles. The third kappa shape index (κ3) is 2.09. The number of primary amides is 1. The van der Waals surface area contributed by atoms with Gasteiger partial charge in [0.1, 0.15) is 6.04 Å². The van der Waals surface area contributed by atoms with E-state index in [0.29, 0.717) is 0 Å². The Hall–Kier alpha value is -1.35. The number of carbonyl (C=O) groups is 1. The predicted molar refractivity (Wildman–Crippen MR) is 64.1 cm³/mol. The number of benzene rings is 1. The van der Waals surface area contributed by atoms with E-state index < -0.39 is 0 Å². The van der Waals surface area contributed by atoms with Crippen molar-refractivity contribution in [2.24, 2.45) is 5.73 Å². The van der Waals surface area contributed by atoms with Crippen LogP contribution in [0.25, 0.3) is 0 Å². The lowest BCUT2D eigenvalue weighted by atomic mass is 9.89. The highest BCUT2D eigenvalue weighted by Gasteiger charge is 2.17. The van der Waals surface area contributed by atoms with Gasteiger partial charge in [-0.2, -0.15) is 0 Å². The molecule has 0 aliphatic heterocycles. The number of nitrogens with two attached hydrogens (primary N) is 1. The third-order valence-electron chi connectivity index (χ3n) is 3.28. The van der Waals surface area contributed by atoms with E-state index in [1.807, 2.05) is 6.07 Å². The monoisotopic (exact) mass is 218 g/mol. The minimum absolute atomic E-state index is 0.321. The summed E-state index contributed by atoms with van der Waals surface area (Å²) in [7, 11) is 1.76. The van der Waals surface area contributed by atoms with Crippen molar-refractivity contribution in [2.75, 3.05) is 7.05 Å². The summed E-state index contributed by atoms with van der Waals surface area (Å²) in [5.41, 5.74) is 9.14. The molecule has 0 spiro atoms. The van der Waals surface area contributed by atoms with Crippen molar-refractivity contribution in [2.45, 2.75) is 31.7 Å². The molecule has 1 aliphatic rings. The van der Waals surface area contributed by atoms with Gasteiger partial charge in [0.25, 0.3) is 0 Å². The average molecular weight is 218 g/mol. The Balaban J connectivity index is 2.32. The van der Waals surface area contributed by atoms with Gasteiger partial charge >= 0.3 is 0 Å². The molecule has 0 aromatic heterocycles. The molecule has 0 bridgehead atoms. The topological polar surface area (TPSA) is 55.1 Å². The maximum absolute atomic E-state index is 11.3. The van der Waals surface area contributed by atoms with Crippen LogP contribution in [-0.2, 0) is 17.6 Å². The van der Waals surface area contributed by atoms with Gasteiger partial charge in [0, 0.05) is 0 Å². The number of hydrogen-bond acceptors (Lipinski definition) is 2. The summed E-state index contributed by atoms with van der Waals surface area (Å²) in [6.45, 7) is 0. The Morgan fingerprint density at radius 1 is 1.31 bits per heavy atom. The van der Waals surface area contributed by atoms with Crippen LogP contribution in [0.1, 0.15) is 35.6 Å². The number of carbonyl (C=O) groups excluding carboxylic acids is 1. The largest absolute Gasteiger partial charge is 0.368 e. The molecule has 0 radical (unpaired) electrons. The van der Waals surface area contributed by atoms with Crippen molar-refractivity contribution in [3.8, 4) is 0 Å². The molecule has 1 aromatic rings. The fourth-order valence-corrected chi connectivity index (χ4v) is 2.41. The zero-order chi connectivity index (χ0) is 11.5. The van der Waals surface area contributed by atoms with Crippen LogP contribution in [0.4, 0.5) is 0 Å². The maximum Gasteiger partial charge on any atom is 0.239 e. The summed E-state index contributed by atoms with van der Waals surface area (Å²) in [5.74, 6) is -0.321. The van der Waals surface area contributed by atoms with Crippen LogP contribution in [0.15, 0.2) is 18.2 Å². The van der Waals surface area contributed by atoms with E-state index in [1.54, 1.807) is 7.05 Å². The average Bonchev–Trinajstić information content (AvgIpc) is 2.29. The first-order valence-corrected chi connectivity index (χ1v) is 5.80. The number of fused-ring (bicyclic) bond motifs is 1. The van der Waals surface area contributed by atoms with Crippen molar-refractivity contribution in [3.05, 3.63) is 34.9 Å². The van der Waals surface area contributed by atoms with Crippen LogP contribution in [0.3, 0.4) is 0 Å². The molecule has 0 saturated heterocycles. The first-order chi connectivity index (χ1) is 7.72. The predicted octanol–water partition coefficient (Wildman–Crippen LogP) is 1.31. The van der Waals surface area contributed by atoms with E-state index in [2.05, 4.69) is 17.4 Å². The molecule has 3 N–H and O–H groups in total. The molecule has 0 heterocycles. The lowest BCUT2D eigenvalue weighted by Gasteiger charge is -2.19. The van der Waals surface area contributed by atoms with Crippen molar-refractivity contribution < 1.29 is 4.79 Å². The molecule has 16 heavy (non-hydrogen) atoms. The second-order valence-corrected chi connectivity index (χ2v) is 4.36. The van der Waals surface area contributed by atoms with Crippen molar-refractivity contribution >= 4 is 5.91 Å². The fraction of sp³-hybridized carbons (Fsp3) is 0.462. The molecule has 0 fully saturated rings. The van der Waals surface area contributed by atoms with Crippen LogP contribution in [0.5, 0.6) is 0 Å². The molecular weight excluding hydrogens is 200 g/mol. The Labute approximate surface area is 96.0 Å². The number of likely N-dealkylation sites (N-methyl/N-ethyl adjacent to an activating group) is 1. The van der Waals surface area contributed by atoms with Gasteiger partial charge in [-0.05, 0) is 49.4 Å². The van der Waals surface area contributed by atoms with Gasteiger partial charge < -0.3 is 11.1 Å². The van der Waals surface area contributed by atoms with Gasteiger partial charge in [-0.1, -0.05) is 18.2 Å². The minimum atomic E-state index is -0.368. The molecule has 1 aromatic carbocycles. The quantitative estimate of drug-likeness (QED) is 0.803. The summed E-state index contributed by atoms with van der Waals surface area (Å²) < 4.78 is 0. The van der Waals surface area contributed by atoms with E-state index in [4.69, 9.17) is 5.73 Å². The minimum Gasteiger partial charge on any atom is -0.368 e. The Morgan fingerprint density at radius 2 is 2.00 bits per heavy atom. The number of aryl methyl sites for hydroxylation is 2. The number of nitrogens with one attached hydrogen (secondary N) is 1. The van der Waals surface area contributed by atoms with E-state index >= 15 is 0 Å². The summed E-state index contributed by atoms with van der Waals surface area (Å²) in [4.78, 5) is 11.3. The van der Waals surface area contributed by atoms with Crippen LogP contribution in [-0.4, -0.2) is 13.0 Å². The van der Waals surface area contributed by atoms with Crippen molar-refractivity contribution in [1.82, 2.24) is 5.32 Å². The van der Waals surface area contributed by atoms with Crippen molar-refractivity contribution in [3.63, 3.8) is 0 Å². The van der Waals surface area contributed by atoms with Gasteiger partial charge in [0.05, 0.1) is 0 Å². The smallest absolute Gasteiger partial charge is 0.239 e. The molecule has 3 heteroatoms. The first-order valence-electron chi connectivity index (χ1n) is 5.80. The van der Waals surface area contributed by atoms with Crippen LogP contribution >= 0.6 is 0 Å². The lowest BCUT2D eigenvalue weighted by molar-refractivity contribution is -0.120. The fourth-order valence-electron chi connectivity index (χ4n) is 2.41. The highest BCUT2D eigenvalue weighted by Crippen LogP contribution is 2.24. The van der Waals surface area contributed by atoms with E-state index in [1.165, 1.54) is 24.0 Å². The molecule has 1 amide bonds. The SMILES string of the molecule is CNC(C(N)=O)c1ccc2c(c1)CCCC2. The lowest BCUT2D eigenvalue weighted by Crippen LogP contribution is -2.31. The second-order valence-electron chi connectivity index (χ2n) is 4.36. The van der Waals surface area contributed by atoms with Crippen molar-refractivity contribution in [1.29, 1.82) is 0 Å². The summed E-state index contributed by atoms with van der Waals surface area (Å²) >= 11 is 0. The molecule has 1 unspecified atom stereocenters. The molecule has 1 aliphatic carbocycles. The Kier molecular flexibility index (Phi) is 3.25. The zero-order valence-electron chi connectivity index (χ0n) is 9.62. The Bertz CT molecular complexity index is 401. The van der Waals surface area contributed by atoms with Gasteiger partial charge in [-0.3, -0.25) is 4.79 Å². The molecule has 3 nitrogen and oxygen atoms in total. The normalized spacial score (nSPS) is 16.6. The van der Waals surface area contributed by atoms with Gasteiger partial charge in [0.15, 0.2) is 0 Å². The Morgan fingerprint density at radius 3 is 2.62 bits per heavy atom. The van der Waals surface area contributed by atoms with E-state index in [0.717, 1.165) is 18.4 Å². The standard InChI is InChI=1S/C13H18N2O/c1-15-12(13(14)16)11-7-6-9-4-2-3-5-10(9)8-11/h6-8,12,15H,2-5H2,1H3,(H2,14,16). The van der Waals surface area contributed by atoms with Crippen LogP contribution < -0.4 is 11.1 Å². The van der Waals surface area contributed by atoms with Crippen LogP contribution in [0.2, 0.25) is 0 Å². The molecule has 2 rings (SSSR count). The molecule has 1 atom stereocenters. The highest BCUT2D eigenvalue weighted by atomic mass is 16.1. The number of rotatable bonds is 3.